The fourth-order valence-corrected chi connectivity index (χ4v) is 1.52. The van der Waals surface area contributed by atoms with E-state index in [2.05, 4.69) is 9.97 Å². The van der Waals surface area contributed by atoms with Crippen LogP contribution in [0.5, 0.6) is 0 Å². The molecule has 0 unspecified atom stereocenters. The van der Waals surface area contributed by atoms with Crippen molar-refractivity contribution < 1.29 is 9.90 Å². The van der Waals surface area contributed by atoms with Crippen molar-refractivity contribution in [1.29, 1.82) is 0 Å². The van der Waals surface area contributed by atoms with E-state index in [9.17, 15) is 4.79 Å². The van der Waals surface area contributed by atoms with E-state index in [4.69, 9.17) is 16.7 Å². The molecule has 2 aromatic rings. The van der Waals surface area contributed by atoms with Crippen LogP contribution < -0.4 is 0 Å². The van der Waals surface area contributed by atoms with Crippen LogP contribution in [0.1, 0.15) is 10.5 Å². The van der Waals surface area contributed by atoms with Gasteiger partial charge in [0, 0.05) is 24.2 Å². The molecule has 0 atom stereocenters. The molecular weight excluding hydrogens is 228 g/mol. The van der Waals surface area contributed by atoms with E-state index in [-0.39, 0.29) is 5.69 Å². The van der Waals surface area contributed by atoms with Crippen molar-refractivity contribution in [3.8, 4) is 11.1 Å². The molecular formula is C11H7ClN2O2. The van der Waals surface area contributed by atoms with Crippen molar-refractivity contribution in [2.75, 3.05) is 0 Å². The SMILES string of the molecule is O=C(O)c1cc(-c2cnccc2Cl)ccn1. The topological polar surface area (TPSA) is 63.1 Å². The maximum Gasteiger partial charge on any atom is 0.354 e. The van der Waals surface area contributed by atoms with Gasteiger partial charge in [0.15, 0.2) is 0 Å². The summed E-state index contributed by atoms with van der Waals surface area (Å²) in [5.74, 6) is -1.07. The summed E-state index contributed by atoms with van der Waals surface area (Å²) in [5.41, 5.74) is 1.36. The lowest BCUT2D eigenvalue weighted by atomic mass is 10.1. The first-order valence-corrected chi connectivity index (χ1v) is 4.85. The molecule has 0 bridgehead atoms. The van der Waals surface area contributed by atoms with Crippen LogP contribution in [-0.2, 0) is 0 Å². The average Bonchev–Trinajstić information content (AvgIpc) is 2.30. The molecule has 0 spiro atoms. The van der Waals surface area contributed by atoms with Crippen LogP contribution in [0, 0.1) is 0 Å². The Morgan fingerprint density at radius 2 is 2.12 bits per heavy atom. The van der Waals surface area contributed by atoms with Crippen LogP contribution in [-0.4, -0.2) is 21.0 Å². The average molecular weight is 235 g/mol. The number of aromatic nitrogens is 2. The van der Waals surface area contributed by atoms with E-state index in [1.807, 2.05) is 0 Å². The van der Waals surface area contributed by atoms with Gasteiger partial charge in [-0.15, -0.1) is 0 Å². The van der Waals surface area contributed by atoms with Crippen molar-refractivity contribution in [3.05, 3.63) is 47.5 Å². The molecule has 2 heterocycles. The number of hydrogen-bond acceptors (Lipinski definition) is 3. The Bertz CT molecular complexity index is 543. The highest BCUT2D eigenvalue weighted by Gasteiger charge is 2.08. The number of carbonyl (C=O) groups is 1. The minimum atomic E-state index is -1.07. The molecule has 2 aromatic heterocycles. The van der Waals surface area contributed by atoms with E-state index in [1.165, 1.54) is 12.3 Å². The zero-order valence-corrected chi connectivity index (χ0v) is 8.85. The summed E-state index contributed by atoms with van der Waals surface area (Å²) in [6, 6.07) is 4.80. The van der Waals surface area contributed by atoms with Crippen LogP contribution in [0.25, 0.3) is 11.1 Å². The molecule has 0 saturated heterocycles. The Morgan fingerprint density at radius 3 is 2.81 bits per heavy atom. The first kappa shape index (κ1) is 10.6. The maximum atomic E-state index is 10.8. The molecule has 16 heavy (non-hydrogen) atoms. The highest BCUT2D eigenvalue weighted by Crippen LogP contribution is 2.26. The molecule has 1 N–H and O–H groups in total. The van der Waals surface area contributed by atoms with Crippen molar-refractivity contribution >= 4 is 17.6 Å². The normalized spacial score (nSPS) is 10.1. The number of aromatic carboxylic acids is 1. The van der Waals surface area contributed by atoms with Gasteiger partial charge < -0.3 is 5.11 Å². The summed E-state index contributed by atoms with van der Waals surface area (Å²) >= 11 is 5.98. The minimum absolute atomic E-state index is 0.0163. The molecule has 0 aliphatic rings. The third-order valence-electron chi connectivity index (χ3n) is 2.06. The lowest BCUT2D eigenvalue weighted by molar-refractivity contribution is 0.0690. The van der Waals surface area contributed by atoms with E-state index >= 15 is 0 Å². The van der Waals surface area contributed by atoms with Crippen molar-refractivity contribution in [1.82, 2.24) is 9.97 Å². The lowest BCUT2D eigenvalue weighted by Crippen LogP contribution is -1.99. The Kier molecular flexibility index (Phi) is 2.83. The molecule has 0 radical (unpaired) electrons. The predicted molar refractivity (Wildman–Crippen MR) is 59.4 cm³/mol. The Labute approximate surface area is 96.6 Å². The van der Waals surface area contributed by atoms with Crippen molar-refractivity contribution in [2.45, 2.75) is 0 Å². The fourth-order valence-electron chi connectivity index (χ4n) is 1.30. The number of rotatable bonds is 2. The van der Waals surface area contributed by atoms with E-state index in [1.54, 1.807) is 24.5 Å². The van der Waals surface area contributed by atoms with Gasteiger partial charge in [-0.1, -0.05) is 11.6 Å². The molecule has 5 heteroatoms. The van der Waals surface area contributed by atoms with Crippen molar-refractivity contribution in [2.24, 2.45) is 0 Å². The van der Waals surface area contributed by atoms with Gasteiger partial charge >= 0.3 is 5.97 Å². The van der Waals surface area contributed by atoms with E-state index < -0.39 is 5.97 Å². The smallest absolute Gasteiger partial charge is 0.354 e. The summed E-state index contributed by atoms with van der Waals surface area (Å²) in [6.07, 6.45) is 4.59. The van der Waals surface area contributed by atoms with Gasteiger partial charge in [0.05, 0.1) is 5.02 Å². The third-order valence-corrected chi connectivity index (χ3v) is 2.39. The quantitative estimate of drug-likeness (QED) is 0.867. The molecule has 0 aromatic carbocycles. The number of carboxylic acid groups (broad SMARTS) is 1. The maximum absolute atomic E-state index is 10.8. The second kappa shape index (κ2) is 4.28. The van der Waals surface area contributed by atoms with E-state index in [0.29, 0.717) is 16.1 Å². The predicted octanol–water partition coefficient (Wildman–Crippen LogP) is 2.50. The molecule has 0 saturated carbocycles. The first-order valence-electron chi connectivity index (χ1n) is 4.47. The Balaban J connectivity index is 2.53. The monoisotopic (exact) mass is 234 g/mol. The second-order valence-corrected chi connectivity index (χ2v) is 3.50. The van der Waals surface area contributed by atoms with Gasteiger partial charge in [-0.2, -0.15) is 0 Å². The zero-order valence-electron chi connectivity index (χ0n) is 8.09. The molecule has 0 fully saturated rings. The van der Waals surface area contributed by atoms with Gasteiger partial charge in [-0.3, -0.25) is 4.98 Å². The summed E-state index contributed by atoms with van der Waals surface area (Å²) in [6.45, 7) is 0. The summed E-state index contributed by atoms with van der Waals surface area (Å²) in [4.78, 5) is 18.4. The van der Waals surface area contributed by atoms with Crippen LogP contribution in [0.4, 0.5) is 0 Å². The fraction of sp³-hybridized carbons (Fsp3) is 0. The summed E-state index contributed by atoms with van der Waals surface area (Å²) in [7, 11) is 0. The van der Waals surface area contributed by atoms with Gasteiger partial charge in [-0.25, -0.2) is 9.78 Å². The number of nitrogens with zero attached hydrogens (tertiary/aromatic N) is 2. The van der Waals surface area contributed by atoms with Gasteiger partial charge in [-0.05, 0) is 23.8 Å². The number of halogens is 1. The molecule has 0 aliphatic carbocycles. The second-order valence-electron chi connectivity index (χ2n) is 3.09. The highest BCUT2D eigenvalue weighted by molar-refractivity contribution is 6.33. The molecule has 2 rings (SSSR count). The number of pyridine rings is 2. The largest absolute Gasteiger partial charge is 0.477 e. The van der Waals surface area contributed by atoms with Crippen LogP contribution in [0.3, 0.4) is 0 Å². The van der Waals surface area contributed by atoms with Crippen LogP contribution in [0.2, 0.25) is 5.02 Å². The standard InChI is InChI=1S/C11H7ClN2O2/c12-9-2-3-13-6-8(9)7-1-4-14-10(5-7)11(15)16/h1-6H,(H,15,16). The third kappa shape index (κ3) is 2.01. The first-order chi connectivity index (χ1) is 7.68. The summed E-state index contributed by atoms with van der Waals surface area (Å²) in [5, 5.41) is 9.34. The van der Waals surface area contributed by atoms with Crippen molar-refractivity contribution in [3.63, 3.8) is 0 Å². The zero-order chi connectivity index (χ0) is 11.5. The number of carboxylic acids is 1. The highest BCUT2D eigenvalue weighted by atomic mass is 35.5. The van der Waals surface area contributed by atoms with Crippen LogP contribution in [0.15, 0.2) is 36.8 Å². The Hall–Kier alpha value is -1.94. The van der Waals surface area contributed by atoms with E-state index in [0.717, 1.165) is 0 Å². The summed E-state index contributed by atoms with van der Waals surface area (Å²) < 4.78 is 0. The number of hydrogen-bond donors (Lipinski definition) is 1. The molecule has 0 aliphatic heterocycles. The van der Waals surface area contributed by atoms with Crippen LogP contribution >= 0.6 is 11.6 Å². The molecule has 80 valence electrons. The minimum Gasteiger partial charge on any atom is -0.477 e. The molecule has 0 amide bonds. The Morgan fingerprint density at radius 1 is 1.31 bits per heavy atom. The van der Waals surface area contributed by atoms with Gasteiger partial charge in [0.25, 0.3) is 0 Å². The molecule has 4 nitrogen and oxygen atoms in total. The van der Waals surface area contributed by atoms with Gasteiger partial charge in [0.1, 0.15) is 5.69 Å². The lowest BCUT2D eigenvalue weighted by Gasteiger charge is -2.03. The van der Waals surface area contributed by atoms with Gasteiger partial charge in [0.2, 0.25) is 0 Å².